The molecule has 20 heavy (non-hydrogen) atoms. The van der Waals surface area contributed by atoms with Gasteiger partial charge < -0.3 is 4.74 Å². The Hall–Kier alpha value is -1.85. The molecular weight excluding hydrogens is 274 g/mol. The zero-order chi connectivity index (χ0) is 14.4. The molecule has 2 aromatic carbocycles. The summed E-state index contributed by atoms with van der Waals surface area (Å²) in [5.74, 6) is 0.629. The number of nitrogens with one attached hydrogen (secondary N) is 1. The monoisotopic (exact) mass is 290 g/mol. The normalized spacial score (nSPS) is 11.2. The van der Waals surface area contributed by atoms with Gasteiger partial charge in [-0.3, -0.25) is 0 Å². The van der Waals surface area contributed by atoms with Crippen molar-refractivity contribution in [3.05, 3.63) is 60.2 Å². The molecular formula is C15H16NO3S. The zero-order valence-corrected chi connectivity index (χ0v) is 12.0. The van der Waals surface area contributed by atoms with Gasteiger partial charge >= 0.3 is 0 Å². The van der Waals surface area contributed by atoms with Crippen molar-refractivity contribution in [1.29, 1.82) is 0 Å². The Kier molecular flexibility index (Phi) is 4.76. The quantitative estimate of drug-likeness (QED) is 0.885. The third kappa shape index (κ3) is 3.82. The lowest BCUT2D eigenvalue weighted by Gasteiger charge is -2.07. The molecule has 0 saturated heterocycles. The van der Waals surface area contributed by atoms with Gasteiger partial charge in [0, 0.05) is 6.54 Å². The zero-order valence-electron chi connectivity index (χ0n) is 11.2. The van der Waals surface area contributed by atoms with Crippen molar-refractivity contribution in [3.8, 4) is 5.75 Å². The summed E-state index contributed by atoms with van der Waals surface area (Å²) in [4.78, 5) is 0.236. The van der Waals surface area contributed by atoms with Gasteiger partial charge in [0.15, 0.2) is 0 Å². The largest absolute Gasteiger partial charge is 0.497 e. The van der Waals surface area contributed by atoms with Crippen LogP contribution in [0.25, 0.3) is 0 Å². The van der Waals surface area contributed by atoms with Gasteiger partial charge in [0.1, 0.15) is 5.75 Å². The van der Waals surface area contributed by atoms with Gasteiger partial charge in [-0.25, -0.2) is 13.1 Å². The van der Waals surface area contributed by atoms with Crippen LogP contribution in [-0.4, -0.2) is 22.1 Å². The van der Waals surface area contributed by atoms with Crippen molar-refractivity contribution in [2.24, 2.45) is 0 Å². The number of rotatable bonds is 6. The van der Waals surface area contributed by atoms with Gasteiger partial charge in [-0.2, -0.15) is 0 Å². The van der Waals surface area contributed by atoms with Gasteiger partial charge in [-0.15, -0.1) is 0 Å². The average Bonchev–Trinajstić information content (AvgIpc) is 2.48. The maximum absolute atomic E-state index is 12.1. The molecule has 1 radical (unpaired) electrons. The van der Waals surface area contributed by atoms with Crippen molar-refractivity contribution in [3.63, 3.8) is 0 Å². The minimum atomic E-state index is -3.47. The third-order valence-corrected chi connectivity index (χ3v) is 4.34. The molecule has 0 aromatic heterocycles. The number of ether oxygens (including phenoxy) is 1. The van der Waals surface area contributed by atoms with Crippen LogP contribution in [0.1, 0.15) is 5.56 Å². The molecule has 0 amide bonds. The van der Waals surface area contributed by atoms with E-state index in [1.165, 1.54) is 12.1 Å². The standard InChI is InChI=1S/C15H16NO3S/c1-19-14-7-9-15(10-8-14)20(17,18)16-12-11-13-5-3-2-4-6-13/h3-10,16H,11-12H2,1H3. The molecule has 0 fully saturated rings. The SMILES string of the molecule is COc1ccc(S(=O)(=O)NCCc2cc[c]cc2)cc1. The Morgan fingerprint density at radius 1 is 1.10 bits per heavy atom. The predicted molar refractivity (Wildman–Crippen MR) is 77.2 cm³/mol. The van der Waals surface area contributed by atoms with E-state index in [2.05, 4.69) is 10.8 Å². The van der Waals surface area contributed by atoms with Crippen LogP contribution in [0, 0.1) is 6.07 Å². The molecule has 105 valence electrons. The van der Waals surface area contributed by atoms with Crippen molar-refractivity contribution in [1.82, 2.24) is 4.72 Å². The van der Waals surface area contributed by atoms with Crippen LogP contribution >= 0.6 is 0 Å². The fourth-order valence-corrected chi connectivity index (χ4v) is 2.79. The molecule has 0 bridgehead atoms. The van der Waals surface area contributed by atoms with Crippen LogP contribution in [0.5, 0.6) is 5.75 Å². The summed E-state index contributed by atoms with van der Waals surface area (Å²) in [7, 11) is -1.93. The summed E-state index contributed by atoms with van der Waals surface area (Å²) in [5.41, 5.74) is 1.07. The summed E-state index contributed by atoms with van der Waals surface area (Å²) in [6, 6.07) is 16.7. The predicted octanol–water partition coefficient (Wildman–Crippen LogP) is 2.02. The second kappa shape index (κ2) is 6.54. The van der Waals surface area contributed by atoms with Crippen LogP contribution in [0.15, 0.2) is 53.4 Å². The van der Waals surface area contributed by atoms with Crippen LogP contribution < -0.4 is 9.46 Å². The number of methoxy groups -OCH3 is 1. The van der Waals surface area contributed by atoms with E-state index in [0.29, 0.717) is 18.7 Å². The highest BCUT2D eigenvalue weighted by Crippen LogP contribution is 2.15. The lowest BCUT2D eigenvalue weighted by molar-refractivity contribution is 0.414. The van der Waals surface area contributed by atoms with E-state index in [0.717, 1.165) is 5.56 Å². The van der Waals surface area contributed by atoms with Crippen molar-refractivity contribution in [2.45, 2.75) is 11.3 Å². The molecule has 2 aromatic rings. The van der Waals surface area contributed by atoms with Crippen LogP contribution in [-0.2, 0) is 16.4 Å². The smallest absolute Gasteiger partial charge is 0.240 e. The molecule has 0 aliphatic rings. The first kappa shape index (κ1) is 14.6. The Bertz CT molecular complexity index is 637. The van der Waals surface area contributed by atoms with Crippen molar-refractivity contribution in [2.75, 3.05) is 13.7 Å². The van der Waals surface area contributed by atoms with Crippen LogP contribution in [0.4, 0.5) is 0 Å². The third-order valence-electron chi connectivity index (χ3n) is 2.86. The second-order valence-corrected chi connectivity index (χ2v) is 6.00. The lowest BCUT2D eigenvalue weighted by atomic mass is 10.2. The van der Waals surface area contributed by atoms with E-state index in [9.17, 15) is 8.42 Å². The van der Waals surface area contributed by atoms with E-state index in [-0.39, 0.29) is 4.90 Å². The van der Waals surface area contributed by atoms with Gasteiger partial charge in [-0.05, 0) is 42.3 Å². The summed E-state index contributed by atoms with van der Waals surface area (Å²) in [6.07, 6.45) is 0.643. The molecule has 0 aliphatic carbocycles. The number of hydrogen-bond acceptors (Lipinski definition) is 3. The Morgan fingerprint density at radius 3 is 2.35 bits per heavy atom. The highest BCUT2D eigenvalue weighted by atomic mass is 32.2. The van der Waals surface area contributed by atoms with E-state index in [4.69, 9.17) is 4.74 Å². The summed E-state index contributed by atoms with van der Waals surface area (Å²) >= 11 is 0. The van der Waals surface area contributed by atoms with Crippen molar-refractivity contribution >= 4 is 10.0 Å². The van der Waals surface area contributed by atoms with Crippen LogP contribution in [0.3, 0.4) is 0 Å². The average molecular weight is 290 g/mol. The highest BCUT2D eigenvalue weighted by Gasteiger charge is 2.12. The van der Waals surface area contributed by atoms with E-state index < -0.39 is 10.0 Å². The van der Waals surface area contributed by atoms with Gasteiger partial charge in [0.2, 0.25) is 10.0 Å². The minimum absolute atomic E-state index is 0.236. The fourth-order valence-electron chi connectivity index (χ4n) is 1.76. The second-order valence-electron chi connectivity index (χ2n) is 4.23. The number of sulfonamides is 1. The molecule has 4 nitrogen and oxygen atoms in total. The molecule has 0 saturated carbocycles. The molecule has 0 spiro atoms. The molecule has 1 N–H and O–H groups in total. The minimum Gasteiger partial charge on any atom is -0.497 e. The van der Waals surface area contributed by atoms with Crippen molar-refractivity contribution < 1.29 is 13.2 Å². The van der Waals surface area contributed by atoms with Gasteiger partial charge in [-0.1, -0.05) is 24.3 Å². The molecule has 0 unspecified atom stereocenters. The molecule has 0 aliphatic heterocycles. The fraction of sp³-hybridized carbons (Fsp3) is 0.200. The lowest BCUT2D eigenvalue weighted by Crippen LogP contribution is -2.25. The Balaban J connectivity index is 1.96. The topological polar surface area (TPSA) is 55.4 Å². The maximum atomic E-state index is 12.1. The first-order valence-electron chi connectivity index (χ1n) is 6.20. The number of benzene rings is 2. The molecule has 5 heteroatoms. The first-order chi connectivity index (χ1) is 9.62. The van der Waals surface area contributed by atoms with Gasteiger partial charge in [0.05, 0.1) is 12.0 Å². The van der Waals surface area contributed by atoms with E-state index >= 15 is 0 Å². The maximum Gasteiger partial charge on any atom is 0.240 e. The summed E-state index contributed by atoms with van der Waals surface area (Å²) in [6.45, 7) is 0.359. The molecule has 0 atom stereocenters. The Morgan fingerprint density at radius 2 is 1.75 bits per heavy atom. The van der Waals surface area contributed by atoms with Crippen LogP contribution in [0.2, 0.25) is 0 Å². The van der Waals surface area contributed by atoms with E-state index in [1.54, 1.807) is 19.2 Å². The first-order valence-corrected chi connectivity index (χ1v) is 7.69. The molecule has 0 heterocycles. The summed E-state index contributed by atoms with van der Waals surface area (Å²) in [5, 5.41) is 0. The highest BCUT2D eigenvalue weighted by molar-refractivity contribution is 7.89. The summed E-state index contributed by atoms with van der Waals surface area (Å²) < 4.78 is 31.7. The number of hydrogen-bond donors (Lipinski definition) is 1. The Labute approximate surface area is 119 Å². The molecule has 2 rings (SSSR count). The van der Waals surface area contributed by atoms with Gasteiger partial charge in [0.25, 0.3) is 0 Å². The van der Waals surface area contributed by atoms with E-state index in [1.807, 2.05) is 24.3 Å².